The maximum atomic E-state index is 13.4. The van der Waals surface area contributed by atoms with Crippen LogP contribution in [-0.2, 0) is 18.8 Å². The summed E-state index contributed by atoms with van der Waals surface area (Å²) in [4.78, 5) is 22.2. The van der Waals surface area contributed by atoms with Crippen molar-refractivity contribution in [2.45, 2.75) is 50.1 Å². The van der Waals surface area contributed by atoms with Crippen LogP contribution in [0.15, 0.2) is 47.1 Å². The van der Waals surface area contributed by atoms with Crippen molar-refractivity contribution < 1.29 is 41.0 Å². The molecule has 1 aliphatic rings. The molecule has 0 saturated heterocycles. The van der Waals surface area contributed by atoms with Crippen molar-refractivity contribution in [2.75, 3.05) is 12.0 Å². The zero-order valence-electron chi connectivity index (χ0n) is 21.1. The van der Waals surface area contributed by atoms with Crippen LogP contribution in [0, 0.1) is 0 Å². The Kier molecular flexibility index (Phi) is 7.80. The molecular formula is C26H23BrF6N4O3. The van der Waals surface area contributed by atoms with Gasteiger partial charge in [-0.25, -0.2) is 14.8 Å². The van der Waals surface area contributed by atoms with Crippen molar-refractivity contribution in [3.05, 3.63) is 80.8 Å². The first-order chi connectivity index (χ1) is 18.6. The number of hydrogen-bond donors (Lipinski definition) is 2. The number of hydrogen-bond acceptors (Lipinski definition) is 5. The van der Waals surface area contributed by atoms with E-state index in [1.807, 2.05) is 0 Å². The number of anilines is 1. The van der Waals surface area contributed by atoms with Crippen LogP contribution >= 0.6 is 15.9 Å². The maximum absolute atomic E-state index is 13.4. The van der Waals surface area contributed by atoms with E-state index in [1.165, 1.54) is 13.3 Å². The highest BCUT2D eigenvalue weighted by atomic mass is 79.9. The fraction of sp³-hybridized carbons (Fsp3) is 0.346. The van der Waals surface area contributed by atoms with Crippen LogP contribution in [0.5, 0.6) is 5.75 Å². The molecule has 0 unspecified atom stereocenters. The second-order valence-electron chi connectivity index (χ2n) is 9.37. The lowest BCUT2D eigenvalue weighted by Crippen LogP contribution is -2.61. The van der Waals surface area contributed by atoms with Crippen LogP contribution in [0.2, 0.25) is 0 Å². The first-order valence-corrected chi connectivity index (χ1v) is 12.7. The van der Waals surface area contributed by atoms with E-state index < -0.39 is 41.2 Å². The van der Waals surface area contributed by atoms with Crippen molar-refractivity contribution in [3.8, 4) is 5.75 Å². The van der Waals surface area contributed by atoms with E-state index in [4.69, 9.17) is 10.5 Å². The lowest BCUT2D eigenvalue weighted by atomic mass is 9.80. The van der Waals surface area contributed by atoms with Gasteiger partial charge in [0.05, 0.1) is 34.1 Å². The van der Waals surface area contributed by atoms with E-state index in [9.17, 15) is 36.2 Å². The second kappa shape index (κ2) is 10.5. The molecule has 3 aromatic rings. The van der Waals surface area contributed by atoms with E-state index >= 15 is 0 Å². The molecule has 0 bridgehead atoms. The summed E-state index contributed by atoms with van der Waals surface area (Å²) in [6.07, 6.45) is -9.98. The number of benzene rings is 2. The van der Waals surface area contributed by atoms with Gasteiger partial charge in [0.2, 0.25) is 0 Å². The van der Waals surface area contributed by atoms with Crippen LogP contribution in [-0.4, -0.2) is 33.9 Å². The number of alkyl halides is 6. The van der Waals surface area contributed by atoms with Gasteiger partial charge in [-0.1, -0.05) is 6.92 Å². The number of aromatic nitrogens is 2. The third-order valence-corrected chi connectivity index (χ3v) is 7.49. The Morgan fingerprint density at radius 2 is 1.77 bits per heavy atom. The smallest absolute Gasteiger partial charge is 0.416 e. The van der Waals surface area contributed by atoms with Gasteiger partial charge < -0.3 is 15.6 Å². The SMILES string of the molecule is CC[C@]1(N)C[C@H](c2ncc(Br)c(Cc3cc(C(F)(F)F)cc(C(F)(F)F)c3)n2)c2cc(OC)ccc2N1C(=O)O. The summed E-state index contributed by atoms with van der Waals surface area (Å²) in [6.45, 7) is 1.72. The van der Waals surface area contributed by atoms with Crippen molar-refractivity contribution in [2.24, 2.45) is 5.73 Å². The molecule has 2 atom stereocenters. The van der Waals surface area contributed by atoms with Gasteiger partial charge in [0, 0.05) is 18.5 Å². The molecule has 2 heterocycles. The molecule has 14 heteroatoms. The summed E-state index contributed by atoms with van der Waals surface area (Å²) in [5.74, 6) is -0.0649. The molecule has 7 nitrogen and oxygen atoms in total. The lowest BCUT2D eigenvalue weighted by Gasteiger charge is -2.46. The first kappa shape index (κ1) is 29.6. The quantitative estimate of drug-likeness (QED) is 0.295. The number of carboxylic acid groups (broad SMARTS) is 1. The Bertz CT molecular complexity index is 1420. The molecule has 3 N–H and O–H groups in total. The van der Waals surface area contributed by atoms with Crippen LogP contribution in [0.4, 0.5) is 36.8 Å². The van der Waals surface area contributed by atoms with Gasteiger partial charge in [0.15, 0.2) is 0 Å². The van der Waals surface area contributed by atoms with E-state index in [1.54, 1.807) is 25.1 Å². The Hall–Kier alpha value is -3.39. The number of ether oxygens (including phenoxy) is 1. The predicted molar refractivity (Wildman–Crippen MR) is 136 cm³/mol. The van der Waals surface area contributed by atoms with Gasteiger partial charge in [-0.3, -0.25) is 4.90 Å². The van der Waals surface area contributed by atoms with E-state index in [0.29, 0.717) is 23.4 Å². The lowest BCUT2D eigenvalue weighted by molar-refractivity contribution is -0.143. The minimum absolute atomic E-state index is 0.0544. The Labute approximate surface area is 233 Å². The molecule has 2 aromatic carbocycles. The molecule has 0 aliphatic carbocycles. The van der Waals surface area contributed by atoms with Gasteiger partial charge in [-0.15, -0.1) is 0 Å². The third-order valence-electron chi connectivity index (χ3n) is 6.82. The van der Waals surface area contributed by atoms with Gasteiger partial charge >= 0.3 is 18.4 Å². The van der Waals surface area contributed by atoms with E-state index in [-0.39, 0.29) is 52.6 Å². The predicted octanol–water partition coefficient (Wildman–Crippen LogP) is 6.96. The number of fused-ring (bicyclic) bond motifs is 1. The van der Waals surface area contributed by atoms with Crippen molar-refractivity contribution >= 4 is 27.7 Å². The average Bonchev–Trinajstić information content (AvgIpc) is 2.87. The average molecular weight is 633 g/mol. The van der Waals surface area contributed by atoms with Crippen LogP contribution in [0.3, 0.4) is 0 Å². The Morgan fingerprint density at radius 1 is 1.15 bits per heavy atom. The summed E-state index contributed by atoms with van der Waals surface area (Å²) < 4.78 is 85.9. The minimum atomic E-state index is -4.99. The monoisotopic (exact) mass is 632 g/mol. The molecule has 0 radical (unpaired) electrons. The summed E-state index contributed by atoms with van der Waals surface area (Å²) in [6, 6.07) is 6.11. The molecule has 1 aromatic heterocycles. The van der Waals surface area contributed by atoms with Gasteiger partial charge in [-0.2, -0.15) is 26.3 Å². The summed E-state index contributed by atoms with van der Waals surface area (Å²) in [7, 11) is 1.44. The second-order valence-corrected chi connectivity index (χ2v) is 10.2. The zero-order valence-corrected chi connectivity index (χ0v) is 22.7. The van der Waals surface area contributed by atoms with Crippen LogP contribution < -0.4 is 15.4 Å². The number of halogens is 7. The number of nitrogens with zero attached hydrogens (tertiary/aromatic N) is 3. The fourth-order valence-corrected chi connectivity index (χ4v) is 5.12. The Balaban J connectivity index is 1.83. The molecule has 40 heavy (non-hydrogen) atoms. The van der Waals surface area contributed by atoms with Crippen molar-refractivity contribution in [1.29, 1.82) is 0 Å². The number of rotatable bonds is 5. The molecule has 0 fully saturated rings. The molecule has 214 valence electrons. The number of nitrogens with two attached hydrogens (primary N) is 1. The highest BCUT2D eigenvalue weighted by molar-refractivity contribution is 9.10. The highest BCUT2D eigenvalue weighted by Gasteiger charge is 2.46. The maximum Gasteiger partial charge on any atom is 0.416 e. The van der Waals surface area contributed by atoms with E-state index in [2.05, 4.69) is 25.9 Å². The summed E-state index contributed by atoms with van der Waals surface area (Å²) in [5, 5.41) is 9.96. The third kappa shape index (κ3) is 5.73. The molecular weight excluding hydrogens is 610 g/mol. The van der Waals surface area contributed by atoms with Crippen LogP contribution in [0.1, 0.15) is 59.5 Å². The van der Waals surface area contributed by atoms with Crippen molar-refractivity contribution in [3.63, 3.8) is 0 Å². The summed E-state index contributed by atoms with van der Waals surface area (Å²) >= 11 is 3.25. The topological polar surface area (TPSA) is 102 Å². The normalized spacial score (nSPS) is 19.4. The summed E-state index contributed by atoms with van der Waals surface area (Å²) in [5.41, 5.74) is 3.01. The van der Waals surface area contributed by atoms with Crippen molar-refractivity contribution in [1.82, 2.24) is 9.97 Å². The van der Waals surface area contributed by atoms with Gasteiger partial charge in [0.25, 0.3) is 0 Å². The molecule has 1 aliphatic heterocycles. The number of carbonyl (C=O) groups is 1. The molecule has 1 amide bonds. The van der Waals surface area contributed by atoms with Crippen LogP contribution in [0.25, 0.3) is 0 Å². The highest BCUT2D eigenvalue weighted by Crippen LogP contribution is 2.46. The number of methoxy groups -OCH3 is 1. The van der Waals surface area contributed by atoms with E-state index in [0.717, 1.165) is 4.90 Å². The zero-order chi connectivity index (χ0) is 29.6. The molecule has 4 rings (SSSR count). The first-order valence-electron chi connectivity index (χ1n) is 11.9. The molecule has 0 spiro atoms. The van der Waals surface area contributed by atoms with Gasteiger partial charge in [-0.05, 0) is 76.3 Å². The molecule has 0 saturated carbocycles. The largest absolute Gasteiger partial charge is 0.497 e. The fourth-order valence-electron chi connectivity index (χ4n) is 4.79. The minimum Gasteiger partial charge on any atom is -0.497 e. The Morgan fingerprint density at radius 3 is 2.30 bits per heavy atom. The number of amides is 1. The van der Waals surface area contributed by atoms with Gasteiger partial charge in [0.1, 0.15) is 17.2 Å². The standard InChI is InChI=1S/C26H23BrF6N4O3/c1-3-24(34)11-18(17-10-16(40-2)4-5-21(17)37(24)23(38)39)22-35-12-19(27)20(36-22)8-13-6-14(25(28,29)30)9-15(7-13)26(31,32)33/h4-7,9-10,12,18H,3,8,11,34H2,1-2H3,(H,38,39)/t18-,24+/m0/s1.